The monoisotopic (exact) mass is 278 g/mol. The molecule has 0 aliphatic carbocycles. The van der Waals surface area contributed by atoms with Crippen LogP contribution in [-0.2, 0) is 6.54 Å². The van der Waals surface area contributed by atoms with Crippen LogP contribution in [0.3, 0.4) is 0 Å². The Balaban J connectivity index is 1.77. The minimum atomic E-state index is 0.806. The molecule has 1 N–H and O–H groups in total. The first-order valence-electron chi connectivity index (χ1n) is 7.26. The molecule has 0 unspecified atom stereocenters. The Hall–Kier alpha value is -0.990. The SMILES string of the molecule is CCCCCCNCCn1ccc2ccc(Cl)cc21. The van der Waals surface area contributed by atoms with Gasteiger partial charge in [0.2, 0.25) is 0 Å². The highest BCUT2D eigenvalue weighted by Gasteiger charge is 2.01. The van der Waals surface area contributed by atoms with Gasteiger partial charge in [-0.25, -0.2) is 0 Å². The van der Waals surface area contributed by atoms with E-state index in [2.05, 4.69) is 35.1 Å². The van der Waals surface area contributed by atoms with Gasteiger partial charge >= 0.3 is 0 Å². The van der Waals surface area contributed by atoms with Crippen molar-refractivity contribution in [2.45, 2.75) is 39.2 Å². The number of aromatic nitrogens is 1. The van der Waals surface area contributed by atoms with E-state index in [0.717, 1.165) is 24.7 Å². The van der Waals surface area contributed by atoms with Gasteiger partial charge in [0.15, 0.2) is 0 Å². The zero-order valence-electron chi connectivity index (χ0n) is 11.7. The smallest absolute Gasteiger partial charge is 0.0495 e. The molecule has 0 saturated carbocycles. The molecule has 0 bridgehead atoms. The van der Waals surface area contributed by atoms with Crippen molar-refractivity contribution in [1.82, 2.24) is 9.88 Å². The van der Waals surface area contributed by atoms with Crippen molar-refractivity contribution in [1.29, 1.82) is 0 Å². The molecule has 2 nitrogen and oxygen atoms in total. The maximum Gasteiger partial charge on any atom is 0.0495 e. The molecule has 0 spiro atoms. The average molecular weight is 279 g/mol. The summed E-state index contributed by atoms with van der Waals surface area (Å²) in [6, 6.07) is 8.21. The normalized spacial score (nSPS) is 11.3. The molecule has 0 amide bonds. The molecule has 0 saturated heterocycles. The van der Waals surface area contributed by atoms with Crippen LogP contribution in [0.4, 0.5) is 0 Å². The molecule has 0 aliphatic rings. The van der Waals surface area contributed by atoms with Gasteiger partial charge in [-0.1, -0.05) is 43.9 Å². The highest BCUT2D eigenvalue weighted by atomic mass is 35.5. The third kappa shape index (κ3) is 4.26. The first-order chi connectivity index (χ1) is 9.31. The van der Waals surface area contributed by atoms with E-state index in [1.807, 2.05) is 12.1 Å². The number of hydrogen-bond donors (Lipinski definition) is 1. The number of nitrogens with zero attached hydrogens (tertiary/aromatic N) is 1. The van der Waals surface area contributed by atoms with Gasteiger partial charge in [0, 0.05) is 29.8 Å². The van der Waals surface area contributed by atoms with Gasteiger partial charge in [0.1, 0.15) is 0 Å². The Labute approximate surface area is 120 Å². The van der Waals surface area contributed by atoms with E-state index < -0.39 is 0 Å². The molecule has 0 aliphatic heterocycles. The summed E-state index contributed by atoms with van der Waals surface area (Å²) >= 11 is 6.05. The van der Waals surface area contributed by atoms with E-state index in [9.17, 15) is 0 Å². The van der Waals surface area contributed by atoms with Crippen LogP contribution in [0.1, 0.15) is 32.6 Å². The fourth-order valence-electron chi connectivity index (χ4n) is 2.35. The van der Waals surface area contributed by atoms with Gasteiger partial charge in [-0.3, -0.25) is 0 Å². The predicted molar refractivity (Wildman–Crippen MR) is 84.0 cm³/mol. The first kappa shape index (κ1) is 14.4. The molecular weight excluding hydrogens is 256 g/mol. The summed E-state index contributed by atoms with van der Waals surface area (Å²) in [4.78, 5) is 0. The number of nitrogens with one attached hydrogen (secondary N) is 1. The van der Waals surface area contributed by atoms with Crippen LogP contribution in [0.25, 0.3) is 10.9 Å². The Morgan fingerprint density at radius 1 is 1.11 bits per heavy atom. The maximum atomic E-state index is 6.05. The minimum absolute atomic E-state index is 0.806. The number of hydrogen-bond acceptors (Lipinski definition) is 1. The Bertz CT molecular complexity index is 504. The summed E-state index contributed by atoms with van der Waals surface area (Å²) in [5, 5.41) is 5.57. The van der Waals surface area contributed by atoms with Gasteiger partial charge in [-0.05, 0) is 36.6 Å². The van der Waals surface area contributed by atoms with Gasteiger partial charge in [-0.15, -0.1) is 0 Å². The first-order valence-corrected chi connectivity index (χ1v) is 7.64. The lowest BCUT2D eigenvalue weighted by atomic mass is 10.2. The highest BCUT2D eigenvalue weighted by molar-refractivity contribution is 6.31. The molecule has 1 aromatic carbocycles. The van der Waals surface area contributed by atoms with Gasteiger partial charge < -0.3 is 9.88 Å². The third-order valence-corrected chi connectivity index (χ3v) is 3.71. The van der Waals surface area contributed by atoms with E-state index in [0.29, 0.717) is 0 Å². The van der Waals surface area contributed by atoms with E-state index in [-0.39, 0.29) is 0 Å². The number of benzene rings is 1. The lowest BCUT2D eigenvalue weighted by molar-refractivity contribution is 0.567. The third-order valence-electron chi connectivity index (χ3n) is 3.47. The summed E-state index contributed by atoms with van der Waals surface area (Å²) in [6.45, 7) is 5.38. The van der Waals surface area contributed by atoms with Gasteiger partial charge in [0.25, 0.3) is 0 Å². The molecule has 0 fully saturated rings. The zero-order chi connectivity index (χ0) is 13.5. The lowest BCUT2D eigenvalue weighted by Gasteiger charge is -2.07. The summed E-state index contributed by atoms with van der Waals surface area (Å²) in [6.07, 6.45) is 7.41. The average Bonchev–Trinajstić information content (AvgIpc) is 2.80. The Morgan fingerprint density at radius 2 is 2.00 bits per heavy atom. The molecular formula is C16H23ClN2. The van der Waals surface area contributed by atoms with Crippen molar-refractivity contribution in [3.8, 4) is 0 Å². The Morgan fingerprint density at radius 3 is 2.84 bits per heavy atom. The van der Waals surface area contributed by atoms with Crippen LogP contribution in [-0.4, -0.2) is 17.7 Å². The van der Waals surface area contributed by atoms with Gasteiger partial charge in [0.05, 0.1) is 0 Å². The molecule has 19 heavy (non-hydrogen) atoms. The minimum Gasteiger partial charge on any atom is -0.346 e. The van der Waals surface area contributed by atoms with Crippen molar-refractivity contribution >= 4 is 22.5 Å². The number of rotatable bonds is 8. The van der Waals surface area contributed by atoms with Crippen LogP contribution in [0.2, 0.25) is 5.02 Å². The molecule has 2 aromatic rings. The summed E-state index contributed by atoms with van der Waals surface area (Å²) in [7, 11) is 0. The molecule has 2 rings (SSSR count). The van der Waals surface area contributed by atoms with Crippen LogP contribution in [0.15, 0.2) is 30.5 Å². The topological polar surface area (TPSA) is 17.0 Å². The Kier molecular flexibility index (Phi) is 5.74. The molecule has 0 atom stereocenters. The standard InChI is InChI=1S/C16H23ClN2/c1-2-3-4-5-9-18-10-12-19-11-8-14-6-7-15(17)13-16(14)19/h6-8,11,13,18H,2-5,9-10,12H2,1H3. The number of fused-ring (bicyclic) bond motifs is 1. The largest absolute Gasteiger partial charge is 0.346 e. The zero-order valence-corrected chi connectivity index (χ0v) is 12.4. The number of unbranched alkanes of at least 4 members (excludes halogenated alkanes) is 3. The van der Waals surface area contributed by atoms with Crippen LogP contribution in [0, 0.1) is 0 Å². The second-order valence-electron chi connectivity index (χ2n) is 5.02. The van der Waals surface area contributed by atoms with E-state index in [1.165, 1.54) is 36.6 Å². The van der Waals surface area contributed by atoms with Crippen molar-refractivity contribution < 1.29 is 0 Å². The molecule has 1 heterocycles. The fourth-order valence-corrected chi connectivity index (χ4v) is 2.52. The highest BCUT2D eigenvalue weighted by Crippen LogP contribution is 2.20. The van der Waals surface area contributed by atoms with E-state index in [1.54, 1.807) is 0 Å². The van der Waals surface area contributed by atoms with E-state index >= 15 is 0 Å². The van der Waals surface area contributed by atoms with E-state index in [4.69, 9.17) is 11.6 Å². The molecule has 104 valence electrons. The van der Waals surface area contributed by atoms with Crippen LogP contribution in [0.5, 0.6) is 0 Å². The molecule has 0 radical (unpaired) electrons. The van der Waals surface area contributed by atoms with Crippen molar-refractivity contribution in [3.63, 3.8) is 0 Å². The second-order valence-corrected chi connectivity index (χ2v) is 5.46. The van der Waals surface area contributed by atoms with Crippen molar-refractivity contribution in [3.05, 3.63) is 35.5 Å². The summed E-state index contributed by atoms with van der Waals surface area (Å²) in [5.41, 5.74) is 1.22. The predicted octanol–water partition coefficient (Wildman–Crippen LogP) is 4.46. The molecule has 1 aromatic heterocycles. The van der Waals surface area contributed by atoms with Crippen molar-refractivity contribution in [2.24, 2.45) is 0 Å². The molecule has 3 heteroatoms. The lowest BCUT2D eigenvalue weighted by Crippen LogP contribution is -2.20. The summed E-state index contributed by atoms with van der Waals surface area (Å²) in [5.74, 6) is 0. The second kappa shape index (κ2) is 7.56. The maximum absolute atomic E-state index is 6.05. The van der Waals surface area contributed by atoms with Crippen LogP contribution >= 0.6 is 11.6 Å². The van der Waals surface area contributed by atoms with Crippen molar-refractivity contribution in [2.75, 3.05) is 13.1 Å². The van der Waals surface area contributed by atoms with Gasteiger partial charge in [-0.2, -0.15) is 0 Å². The summed E-state index contributed by atoms with van der Waals surface area (Å²) < 4.78 is 2.26. The fraction of sp³-hybridized carbons (Fsp3) is 0.500. The quantitative estimate of drug-likeness (QED) is 0.705. The number of halogens is 1. The van der Waals surface area contributed by atoms with Crippen LogP contribution < -0.4 is 5.32 Å².